The highest BCUT2D eigenvalue weighted by molar-refractivity contribution is 7.13. The fraction of sp³-hybridized carbons (Fsp3) is 0.429. The van der Waals surface area contributed by atoms with Crippen LogP contribution in [0, 0.1) is 12.8 Å². The number of amides is 1. The zero-order valence-corrected chi connectivity index (χ0v) is 22.1. The number of carbonyl (C=O) groups excluding carboxylic acids is 1. The quantitative estimate of drug-likeness (QED) is 0.354. The number of nitrogens with one attached hydrogen (secondary N) is 2. The number of hydrogen-bond donors (Lipinski definition) is 3. The number of fused-ring (bicyclic) bond motifs is 1. The third-order valence-corrected chi connectivity index (χ3v) is 8.71. The first kappa shape index (κ1) is 24.8. The van der Waals surface area contributed by atoms with Gasteiger partial charge in [0.25, 0.3) is 0 Å². The predicted octanol–water partition coefficient (Wildman–Crippen LogP) is 3.81. The molecule has 3 fully saturated rings. The van der Waals surface area contributed by atoms with Crippen molar-refractivity contribution in [1.29, 1.82) is 0 Å². The first-order valence-corrected chi connectivity index (χ1v) is 13.7. The van der Waals surface area contributed by atoms with Gasteiger partial charge in [0.15, 0.2) is 0 Å². The monoisotopic (exact) mass is 534 g/mol. The fourth-order valence-corrected chi connectivity index (χ4v) is 6.13. The summed E-state index contributed by atoms with van der Waals surface area (Å²) in [6, 6.07) is 5.23. The maximum Gasteiger partial charge on any atom is 0.330 e. The lowest BCUT2D eigenvalue weighted by atomic mass is 10.1. The van der Waals surface area contributed by atoms with Crippen LogP contribution in [-0.2, 0) is 9.59 Å². The summed E-state index contributed by atoms with van der Waals surface area (Å²) in [5, 5.41) is 19.4. The summed E-state index contributed by atoms with van der Waals surface area (Å²) >= 11 is 1.59. The molecule has 3 heterocycles. The number of benzene rings is 1. The summed E-state index contributed by atoms with van der Waals surface area (Å²) in [6.45, 7) is 6.12. The van der Waals surface area contributed by atoms with Gasteiger partial charge in [-0.05, 0) is 38.3 Å². The second kappa shape index (κ2) is 9.36. The van der Waals surface area contributed by atoms with Gasteiger partial charge in [-0.3, -0.25) is 4.79 Å². The molecule has 2 aliphatic carbocycles. The lowest BCUT2D eigenvalue weighted by molar-refractivity contribution is -0.143. The number of methoxy groups -OCH3 is 1. The van der Waals surface area contributed by atoms with Gasteiger partial charge in [0, 0.05) is 47.2 Å². The van der Waals surface area contributed by atoms with Gasteiger partial charge in [-0.1, -0.05) is 6.08 Å². The van der Waals surface area contributed by atoms with Crippen LogP contribution in [0.25, 0.3) is 21.6 Å². The maximum absolute atomic E-state index is 12.9. The molecule has 9 nitrogen and oxygen atoms in total. The normalized spacial score (nSPS) is 26.2. The lowest BCUT2D eigenvalue weighted by Crippen LogP contribution is -2.51. The van der Waals surface area contributed by atoms with Crippen LogP contribution in [0.5, 0.6) is 11.5 Å². The number of pyridine rings is 1. The second-order valence-electron chi connectivity index (χ2n) is 10.4. The van der Waals surface area contributed by atoms with Crippen molar-refractivity contribution in [2.45, 2.75) is 56.2 Å². The van der Waals surface area contributed by atoms with Gasteiger partial charge in [-0.25, -0.2) is 14.8 Å². The summed E-state index contributed by atoms with van der Waals surface area (Å²) in [6.07, 6.45) is 4.45. The van der Waals surface area contributed by atoms with Crippen LogP contribution >= 0.6 is 11.3 Å². The van der Waals surface area contributed by atoms with Gasteiger partial charge in [0.1, 0.15) is 33.8 Å². The number of aromatic nitrogens is 2. The Balaban J connectivity index is 1.25. The molecule has 4 atom stereocenters. The molecule has 0 bridgehead atoms. The molecule has 0 spiro atoms. The average Bonchev–Trinajstić information content (AvgIpc) is 3.77. The molecule has 38 heavy (non-hydrogen) atoms. The largest absolute Gasteiger partial charge is 0.496 e. The van der Waals surface area contributed by atoms with Crippen molar-refractivity contribution >= 4 is 34.1 Å². The summed E-state index contributed by atoms with van der Waals surface area (Å²) in [4.78, 5) is 34.5. The lowest BCUT2D eigenvalue weighted by Gasteiger charge is -2.18. The molecule has 1 amide bonds. The summed E-state index contributed by atoms with van der Waals surface area (Å²) in [5.41, 5.74) is 2.32. The van der Waals surface area contributed by atoms with E-state index in [1.54, 1.807) is 24.5 Å². The van der Waals surface area contributed by atoms with Gasteiger partial charge >= 0.3 is 5.97 Å². The number of carboxylic acid groups (broad SMARTS) is 1. The Bertz CT molecular complexity index is 1450. The first-order chi connectivity index (χ1) is 18.3. The van der Waals surface area contributed by atoms with Crippen LogP contribution in [0.3, 0.4) is 0 Å². The molecule has 3 aliphatic rings. The Morgan fingerprint density at radius 3 is 2.79 bits per heavy atom. The van der Waals surface area contributed by atoms with Crippen molar-refractivity contribution in [2.24, 2.45) is 5.92 Å². The number of rotatable bonds is 9. The fourth-order valence-electron chi connectivity index (χ4n) is 5.27. The molecular formula is C28H30N4O5S. The molecular weight excluding hydrogens is 504 g/mol. The molecule has 198 valence electrons. The second-order valence-corrected chi connectivity index (χ2v) is 11.3. The van der Waals surface area contributed by atoms with E-state index in [0.717, 1.165) is 38.6 Å². The van der Waals surface area contributed by atoms with E-state index in [1.807, 2.05) is 25.1 Å². The number of thiazole rings is 1. The van der Waals surface area contributed by atoms with Gasteiger partial charge in [0.05, 0.1) is 24.4 Å². The van der Waals surface area contributed by atoms with E-state index in [9.17, 15) is 14.7 Å². The van der Waals surface area contributed by atoms with Crippen LogP contribution in [-0.4, -0.2) is 58.3 Å². The van der Waals surface area contributed by atoms with E-state index >= 15 is 0 Å². The smallest absolute Gasteiger partial charge is 0.330 e. The molecule has 6 rings (SSSR count). The van der Waals surface area contributed by atoms with E-state index in [-0.39, 0.29) is 17.9 Å². The minimum atomic E-state index is -1.25. The van der Waals surface area contributed by atoms with Crippen LogP contribution in [0.4, 0.5) is 0 Å². The minimum Gasteiger partial charge on any atom is -0.496 e. The molecule has 10 heteroatoms. The van der Waals surface area contributed by atoms with Crippen molar-refractivity contribution in [3.8, 4) is 22.2 Å². The Morgan fingerprint density at radius 2 is 2.11 bits per heavy atom. The molecule has 3 N–H and O–H groups in total. The number of ether oxygens (including phenoxy) is 2. The van der Waals surface area contributed by atoms with Crippen molar-refractivity contribution in [1.82, 2.24) is 20.6 Å². The molecule has 1 aromatic carbocycles. The zero-order valence-electron chi connectivity index (χ0n) is 21.3. The molecule has 0 radical (unpaired) electrons. The van der Waals surface area contributed by atoms with E-state index in [1.165, 1.54) is 12.8 Å². The number of carbonyl (C=O) groups is 2. The molecule has 3 aromatic rings. The van der Waals surface area contributed by atoms with E-state index in [2.05, 4.69) is 22.6 Å². The maximum atomic E-state index is 12.9. The Morgan fingerprint density at radius 1 is 1.29 bits per heavy atom. The number of hydrogen-bond acceptors (Lipinski definition) is 8. The van der Waals surface area contributed by atoms with Gasteiger partial charge in [-0.2, -0.15) is 0 Å². The Hall–Kier alpha value is -3.50. The highest BCUT2D eigenvalue weighted by atomic mass is 32.1. The average molecular weight is 535 g/mol. The predicted molar refractivity (Wildman–Crippen MR) is 144 cm³/mol. The van der Waals surface area contributed by atoms with Crippen molar-refractivity contribution in [3.63, 3.8) is 0 Å². The van der Waals surface area contributed by atoms with E-state index in [4.69, 9.17) is 19.4 Å². The molecule has 2 saturated carbocycles. The van der Waals surface area contributed by atoms with Crippen molar-refractivity contribution < 1.29 is 24.2 Å². The third-order valence-electron chi connectivity index (χ3n) is 7.83. The summed E-state index contributed by atoms with van der Waals surface area (Å²) in [7, 11) is 1.64. The number of aryl methyl sites for hydroxylation is 1. The van der Waals surface area contributed by atoms with Crippen LogP contribution < -0.4 is 20.1 Å². The van der Waals surface area contributed by atoms with E-state index in [0.29, 0.717) is 31.1 Å². The number of aliphatic carboxylic acids is 1. The molecule has 2 aromatic heterocycles. The van der Waals surface area contributed by atoms with Gasteiger partial charge in [-0.15, -0.1) is 17.9 Å². The van der Waals surface area contributed by atoms with E-state index < -0.39 is 17.6 Å². The minimum absolute atomic E-state index is 0.259. The van der Waals surface area contributed by atoms with Crippen molar-refractivity contribution in [2.75, 3.05) is 13.7 Å². The highest BCUT2D eigenvalue weighted by Crippen LogP contribution is 2.45. The first-order valence-electron chi connectivity index (χ1n) is 12.8. The zero-order chi connectivity index (χ0) is 26.6. The standard InChI is InChI=1S/C28H30N4O5S/c1-4-16-11-28(16,27(34)35)32-25(33)19-9-17(12-29-19)37-23-10-20(26-31-21(13-38-26)15-5-6-15)30-24-14(2)22(36-3)8-7-18(23)24/h4,7-8,10,13,15-17,19,29H,1,5-6,9,11-12H2,2-3H3,(H,32,33)(H,34,35)/t16-,17-,19+,28-/m1/s1. The van der Waals surface area contributed by atoms with Crippen LogP contribution in [0.1, 0.15) is 42.9 Å². The summed E-state index contributed by atoms with van der Waals surface area (Å²) in [5.74, 6) is 0.348. The molecule has 1 saturated heterocycles. The van der Waals surface area contributed by atoms with Gasteiger partial charge < -0.3 is 25.2 Å². The van der Waals surface area contributed by atoms with Crippen molar-refractivity contribution in [3.05, 3.63) is 47.5 Å². The topological polar surface area (TPSA) is 123 Å². The Kier molecular flexibility index (Phi) is 6.11. The number of nitrogens with zero attached hydrogens (tertiary/aromatic N) is 2. The van der Waals surface area contributed by atoms with Gasteiger partial charge in [0.2, 0.25) is 5.91 Å². The number of carboxylic acids is 1. The molecule has 0 unspecified atom stereocenters. The highest BCUT2D eigenvalue weighted by Gasteiger charge is 2.60. The SMILES string of the molecule is C=C[C@@H]1C[C@]1(NC(=O)[C@@H]1C[C@@H](Oc2cc(-c3nc(C4CC4)cs3)nc3c(C)c(OC)ccc23)CN1)C(=O)O. The third kappa shape index (κ3) is 4.31. The van der Waals surface area contributed by atoms with Crippen LogP contribution in [0.2, 0.25) is 0 Å². The summed E-state index contributed by atoms with van der Waals surface area (Å²) < 4.78 is 12.0. The van der Waals surface area contributed by atoms with Crippen LogP contribution in [0.15, 0.2) is 36.2 Å². The Labute approximate surface area is 224 Å². The molecule has 1 aliphatic heterocycles.